The van der Waals surface area contributed by atoms with E-state index in [1.165, 1.54) is 11.6 Å². The first-order valence-corrected chi connectivity index (χ1v) is 8.13. The summed E-state index contributed by atoms with van der Waals surface area (Å²) in [5, 5.41) is 3.21. The highest BCUT2D eigenvalue weighted by molar-refractivity contribution is 6.36. The molecule has 1 amide bonds. The van der Waals surface area contributed by atoms with E-state index in [0.717, 1.165) is 0 Å². The molecule has 3 N–H and O–H groups in total. The van der Waals surface area contributed by atoms with E-state index in [1.807, 2.05) is 24.3 Å². The van der Waals surface area contributed by atoms with Crippen molar-refractivity contribution in [3.8, 4) is 0 Å². The van der Waals surface area contributed by atoms with E-state index >= 15 is 0 Å². The largest absolute Gasteiger partial charge is 0.369 e. The molecule has 0 aliphatic carbocycles. The molecule has 0 heterocycles. The summed E-state index contributed by atoms with van der Waals surface area (Å²) < 4.78 is 0. The molecule has 0 aliphatic heterocycles. The van der Waals surface area contributed by atoms with Crippen LogP contribution in [-0.2, 0) is 5.41 Å². The van der Waals surface area contributed by atoms with E-state index in [1.54, 1.807) is 12.1 Å². The van der Waals surface area contributed by atoms with Crippen molar-refractivity contribution in [3.63, 3.8) is 0 Å². The topological polar surface area (TPSA) is 67.5 Å². The predicted molar refractivity (Wildman–Crippen MR) is 100 cm³/mol. The van der Waals surface area contributed by atoms with Gasteiger partial charge in [0.25, 0.3) is 5.91 Å². The van der Waals surface area contributed by atoms with Crippen LogP contribution in [0.25, 0.3) is 0 Å². The lowest BCUT2D eigenvalue weighted by Crippen LogP contribution is -2.36. The fraction of sp³-hybridized carbons (Fsp3) is 0.222. The van der Waals surface area contributed by atoms with Crippen LogP contribution in [0.5, 0.6) is 0 Å². The third-order valence-electron chi connectivity index (χ3n) is 3.40. The number of nitrogens with one attached hydrogen (secondary N) is 1. The molecular formula is C18H19Cl2N3O. The van der Waals surface area contributed by atoms with Crippen molar-refractivity contribution in [2.75, 3.05) is 0 Å². The Bertz CT molecular complexity index is 778. The predicted octanol–water partition coefficient (Wildman–Crippen LogP) is 4.67. The molecular weight excluding hydrogens is 345 g/mol. The van der Waals surface area contributed by atoms with Crippen LogP contribution >= 0.6 is 23.2 Å². The van der Waals surface area contributed by atoms with Crippen LogP contribution in [0.2, 0.25) is 10.0 Å². The number of guanidine groups is 1. The zero-order valence-corrected chi connectivity index (χ0v) is 15.2. The Morgan fingerprint density at radius 3 is 2.29 bits per heavy atom. The molecule has 0 fully saturated rings. The Balaban J connectivity index is 2.14. The Morgan fingerprint density at radius 1 is 1.08 bits per heavy atom. The number of rotatable bonds is 2. The minimum atomic E-state index is -0.463. The molecule has 4 nitrogen and oxygen atoms in total. The van der Waals surface area contributed by atoms with Crippen LogP contribution in [0, 0.1) is 0 Å². The lowest BCUT2D eigenvalue weighted by Gasteiger charge is -2.18. The van der Waals surface area contributed by atoms with Gasteiger partial charge in [-0.2, -0.15) is 0 Å². The smallest absolute Gasteiger partial charge is 0.259 e. The van der Waals surface area contributed by atoms with Crippen molar-refractivity contribution >= 4 is 40.8 Å². The molecule has 0 unspecified atom stereocenters. The van der Waals surface area contributed by atoms with Crippen molar-refractivity contribution in [1.82, 2.24) is 5.32 Å². The molecule has 126 valence electrons. The molecule has 0 saturated heterocycles. The van der Waals surface area contributed by atoms with Crippen molar-refractivity contribution in [1.29, 1.82) is 0 Å². The highest BCUT2D eigenvalue weighted by Gasteiger charge is 2.14. The zero-order chi connectivity index (χ0) is 17.9. The molecule has 2 aromatic carbocycles. The van der Waals surface area contributed by atoms with Crippen LogP contribution in [0.1, 0.15) is 36.7 Å². The highest BCUT2D eigenvalue weighted by Crippen LogP contribution is 2.24. The molecule has 6 heteroatoms. The molecule has 0 aliphatic rings. The average Bonchev–Trinajstić information content (AvgIpc) is 2.49. The molecule has 24 heavy (non-hydrogen) atoms. The van der Waals surface area contributed by atoms with E-state index in [4.69, 9.17) is 28.9 Å². The SMILES string of the molecule is CC(C)(C)c1ccc(N=C(N)NC(=O)c2cc(Cl)ccc2Cl)cc1. The number of hydrogen-bond acceptors (Lipinski definition) is 2. The van der Waals surface area contributed by atoms with Crippen molar-refractivity contribution in [2.24, 2.45) is 10.7 Å². The molecule has 0 atom stereocenters. The van der Waals surface area contributed by atoms with Gasteiger partial charge in [0.05, 0.1) is 16.3 Å². The molecule has 0 spiro atoms. The summed E-state index contributed by atoms with van der Waals surface area (Å²) in [6, 6.07) is 12.3. The van der Waals surface area contributed by atoms with Gasteiger partial charge in [0.15, 0.2) is 0 Å². The van der Waals surface area contributed by atoms with Crippen LogP contribution < -0.4 is 11.1 Å². The fourth-order valence-corrected chi connectivity index (χ4v) is 2.43. The summed E-state index contributed by atoms with van der Waals surface area (Å²) in [6.45, 7) is 6.40. The van der Waals surface area contributed by atoms with Gasteiger partial charge in [-0.1, -0.05) is 56.1 Å². The third-order valence-corrected chi connectivity index (χ3v) is 3.96. The molecule has 0 radical (unpaired) electrons. The van der Waals surface area contributed by atoms with Crippen molar-refractivity contribution in [3.05, 3.63) is 63.6 Å². The normalized spacial score (nSPS) is 12.1. The van der Waals surface area contributed by atoms with Gasteiger partial charge in [0.2, 0.25) is 5.96 Å². The van der Waals surface area contributed by atoms with Crippen LogP contribution in [0.4, 0.5) is 5.69 Å². The van der Waals surface area contributed by atoms with Gasteiger partial charge in [0.1, 0.15) is 0 Å². The summed E-state index contributed by atoms with van der Waals surface area (Å²) in [5.41, 5.74) is 7.94. The van der Waals surface area contributed by atoms with E-state index in [0.29, 0.717) is 15.7 Å². The van der Waals surface area contributed by atoms with Crippen LogP contribution in [0.15, 0.2) is 47.5 Å². The first-order valence-electron chi connectivity index (χ1n) is 7.38. The summed E-state index contributed by atoms with van der Waals surface area (Å²) in [7, 11) is 0. The Kier molecular flexibility index (Phi) is 5.52. The highest BCUT2D eigenvalue weighted by atomic mass is 35.5. The number of nitrogens with zero attached hydrogens (tertiary/aromatic N) is 1. The maximum Gasteiger partial charge on any atom is 0.259 e. The Labute approximate surface area is 151 Å². The second-order valence-electron chi connectivity index (χ2n) is 6.37. The Morgan fingerprint density at radius 2 is 1.71 bits per heavy atom. The molecule has 2 aromatic rings. The zero-order valence-electron chi connectivity index (χ0n) is 13.7. The molecule has 0 aromatic heterocycles. The Hall–Kier alpha value is -2.04. The standard InChI is InChI=1S/C18H19Cl2N3O/c1-18(2,3)11-4-7-13(8-5-11)22-17(21)23-16(24)14-10-12(19)6-9-15(14)20/h4-10H,1-3H3,(H3,21,22,23,24). The van der Waals surface area contributed by atoms with Crippen LogP contribution in [0.3, 0.4) is 0 Å². The number of carbonyl (C=O) groups is 1. The van der Waals surface area contributed by atoms with Gasteiger partial charge in [-0.3, -0.25) is 10.1 Å². The first kappa shape index (κ1) is 18.3. The summed E-state index contributed by atoms with van der Waals surface area (Å²) in [5.74, 6) is -0.477. The number of halogens is 2. The average molecular weight is 364 g/mol. The molecule has 0 saturated carbocycles. The maximum absolute atomic E-state index is 12.2. The monoisotopic (exact) mass is 363 g/mol. The third kappa shape index (κ3) is 4.73. The molecule has 2 rings (SSSR count). The number of benzene rings is 2. The summed E-state index contributed by atoms with van der Waals surface area (Å²) in [6.07, 6.45) is 0. The van der Waals surface area contributed by atoms with Gasteiger partial charge < -0.3 is 5.73 Å². The minimum Gasteiger partial charge on any atom is -0.369 e. The number of carbonyl (C=O) groups excluding carboxylic acids is 1. The lowest BCUT2D eigenvalue weighted by molar-refractivity contribution is 0.0977. The van der Waals surface area contributed by atoms with Crippen LogP contribution in [-0.4, -0.2) is 11.9 Å². The quantitative estimate of drug-likeness (QED) is 0.601. The first-order chi connectivity index (χ1) is 11.2. The van der Waals surface area contributed by atoms with Gasteiger partial charge in [-0.25, -0.2) is 4.99 Å². The molecule has 0 bridgehead atoms. The number of hydrogen-bond donors (Lipinski definition) is 2. The minimum absolute atomic E-state index is 0.0143. The number of nitrogens with two attached hydrogens (primary N) is 1. The second-order valence-corrected chi connectivity index (χ2v) is 7.22. The van der Waals surface area contributed by atoms with E-state index in [-0.39, 0.29) is 16.9 Å². The van der Waals surface area contributed by atoms with E-state index < -0.39 is 5.91 Å². The van der Waals surface area contributed by atoms with Crippen molar-refractivity contribution < 1.29 is 4.79 Å². The van der Waals surface area contributed by atoms with Gasteiger partial charge in [0, 0.05) is 5.02 Å². The van der Waals surface area contributed by atoms with Gasteiger partial charge in [-0.15, -0.1) is 0 Å². The summed E-state index contributed by atoms with van der Waals surface area (Å²) >= 11 is 11.9. The van der Waals surface area contributed by atoms with E-state index in [2.05, 4.69) is 31.1 Å². The van der Waals surface area contributed by atoms with Gasteiger partial charge in [-0.05, 0) is 41.3 Å². The summed E-state index contributed by atoms with van der Waals surface area (Å²) in [4.78, 5) is 16.4. The van der Waals surface area contributed by atoms with Gasteiger partial charge >= 0.3 is 0 Å². The van der Waals surface area contributed by atoms with Crippen molar-refractivity contribution in [2.45, 2.75) is 26.2 Å². The fourth-order valence-electron chi connectivity index (χ4n) is 2.06. The number of aliphatic imine (C=N–C) groups is 1. The number of amides is 1. The lowest BCUT2D eigenvalue weighted by atomic mass is 9.87. The second kappa shape index (κ2) is 7.24. The van der Waals surface area contributed by atoms with E-state index in [9.17, 15) is 4.79 Å². The maximum atomic E-state index is 12.2.